The van der Waals surface area contributed by atoms with Crippen molar-refractivity contribution in [2.75, 3.05) is 0 Å². The molecule has 1 unspecified atom stereocenters. The molecule has 1 saturated carbocycles. The van der Waals surface area contributed by atoms with E-state index in [0.29, 0.717) is 5.92 Å². The smallest absolute Gasteiger partial charge is 0.0848 e. The van der Waals surface area contributed by atoms with E-state index in [2.05, 4.69) is 10.2 Å². The van der Waals surface area contributed by atoms with Crippen LogP contribution >= 0.6 is 0 Å². The molecule has 2 N–H and O–H groups in total. The Morgan fingerprint density at radius 2 is 2.00 bits per heavy atom. The van der Waals surface area contributed by atoms with Gasteiger partial charge in [0.1, 0.15) is 0 Å². The number of hydrogen-bond donors (Lipinski definition) is 2. The number of nitrogens with one attached hydrogen (secondary N) is 1. The lowest BCUT2D eigenvalue weighted by Gasteiger charge is -2.19. The van der Waals surface area contributed by atoms with Crippen molar-refractivity contribution < 1.29 is 5.11 Å². The number of aromatic amines is 1. The van der Waals surface area contributed by atoms with Gasteiger partial charge in [-0.1, -0.05) is 25.7 Å². The van der Waals surface area contributed by atoms with E-state index in [1.807, 2.05) is 0 Å². The fourth-order valence-corrected chi connectivity index (χ4v) is 2.32. The third-order valence-corrected chi connectivity index (χ3v) is 3.21. The van der Waals surface area contributed by atoms with E-state index in [0.717, 1.165) is 18.4 Å². The second-order valence-electron chi connectivity index (χ2n) is 4.23. The predicted octanol–water partition coefficient (Wildman–Crippen LogP) is 2.41. The van der Waals surface area contributed by atoms with Gasteiger partial charge in [-0.3, -0.25) is 5.10 Å². The van der Waals surface area contributed by atoms with Gasteiger partial charge in [0, 0.05) is 11.8 Å². The van der Waals surface area contributed by atoms with Gasteiger partial charge in [0.15, 0.2) is 0 Å². The molecular weight excluding hydrogens is 176 g/mol. The first kappa shape index (κ1) is 9.71. The van der Waals surface area contributed by atoms with E-state index in [9.17, 15) is 5.11 Å². The van der Waals surface area contributed by atoms with Gasteiger partial charge in [0.25, 0.3) is 0 Å². The number of rotatable bonds is 2. The Hall–Kier alpha value is -0.830. The van der Waals surface area contributed by atoms with Crippen LogP contribution in [0, 0.1) is 5.92 Å². The van der Waals surface area contributed by atoms with Crippen LogP contribution in [-0.4, -0.2) is 15.3 Å². The van der Waals surface area contributed by atoms with Gasteiger partial charge in [-0.05, 0) is 18.8 Å². The molecule has 2 rings (SSSR count). The zero-order chi connectivity index (χ0) is 9.80. The van der Waals surface area contributed by atoms with E-state index in [1.165, 1.54) is 25.7 Å². The molecule has 3 heteroatoms. The topological polar surface area (TPSA) is 48.9 Å². The molecule has 1 aromatic rings. The van der Waals surface area contributed by atoms with E-state index >= 15 is 0 Å². The van der Waals surface area contributed by atoms with Crippen LogP contribution in [0.25, 0.3) is 0 Å². The van der Waals surface area contributed by atoms with Gasteiger partial charge in [0.2, 0.25) is 0 Å². The van der Waals surface area contributed by atoms with Crippen molar-refractivity contribution in [2.45, 2.75) is 44.6 Å². The Balaban J connectivity index is 1.99. The summed E-state index contributed by atoms with van der Waals surface area (Å²) in [5, 5.41) is 16.7. The first-order valence-corrected chi connectivity index (χ1v) is 5.54. The molecule has 0 radical (unpaired) electrons. The van der Waals surface area contributed by atoms with Gasteiger partial charge in [0.05, 0.1) is 12.3 Å². The number of hydrogen-bond acceptors (Lipinski definition) is 2. The molecule has 1 aliphatic rings. The second-order valence-corrected chi connectivity index (χ2v) is 4.23. The molecule has 1 atom stereocenters. The second kappa shape index (κ2) is 4.60. The standard InChI is InChI=1S/C11H18N2O/c14-11(10-7-12-13-8-10)9-5-3-1-2-4-6-9/h7-9,11,14H,1-6H2,(H,12,13). The van der Waals surface area contributed by atoms with Crippen molar-refractivity contribution in [3.8, 4) is 0 Å². The van der Waals surface area contributed by atoms with Crippen LogP contribution in [0.5, 0.6) is 0 Å². The highest BCUT2D eigenvalue weighted by atomic mass is 16.3. The molecular formula is C11H18N2O. The van der Waals surface area contributed by atoms with Crippen LogP contribution in [0.2, 0.25) is 0 Å². The van der Waals surface area contributed by atoms with Crippen molar-refractivity contribution in [1.29, 1.82) is 0 Å². The molecule has 0 bridgehead atoms. The summed E-state index contributed by atoms with van der Waals surface area (Å²) < 4.78 is 0. The molecule has 0 aliphatic heterocycles. The van der Waals surface area contributed by atoms with E-state index < -0.39 is 0 Å². The molecule has 0 saturated heterocycles. The van der Waals surface area contributed by atoms with Gasteiger partial charge in [-0.15, -0.1) is 0 Å². The quantitative estimate of drug-likeness (QED) is 0.710. The molecule has 14 heavy (non-hydrogen) atoms. The van der Waals surface area contributed by atoms with Crippen molar-refractivity contribution in [3.63, 3.8) is 0 Å². The van der Waals surface area contributed by atoms with Gasteiger partial charge in [-0.2, -0.15) is 5.10 Å². The summed E-state index contributed by atoms with van der Waals surface area (Å²) in [4.78, 5) is 0. The molecule has 1 fully saturated rings. The monoisotopic (exact) mass is 194 g/mol. The lowest BCUT2D eigenvalue weighted by atomic mass is 9.91. The molecule has 0 spiro atoms. The lowest BCUT2D eigenvalue weighted by molar-refractivity contribution is 0.0988. The molecule has 0 aromatic carbocycles. The molecule has 0 amide bonds. The maximum atomic E-state index is 10.1. The highest BCUT2D eigenvalue weighted by Gasteiger charge is 2.22. The summed E-state index contributed by atoms with van der Waals surface area (Å²) in [5.74, 6) is 0.440. The van der Waals surface area contributed by atoms with Crippen molar-refractivity contribution in [3.05, 3.63) is 18.0 Å². The number of H-pyrrole nitrogens is 1. The maximum Gasteiger partial charge on any atom is 0.0848 e. The summed E-state index contributed by atoms with van der Waals surface area (Å²) in [7, 11) is 0. The molecule has 1 heterocycles. The molecule has 78 valence electrons. The maximum absolute atomic E-state index is 10.1. The van der Waals surface area contributed by atoms with Crippen LogP contribution in [0.1, 0.15) is 50.2 Å². The van der Waals surface area contributed by atoms with E-state index in [-0.39, 0.29) is 6.10 Å². The summed E-state index contributed by atoms with van der Waals surface area (Å²) in [5.41, 5.74) is 0.942. The SMILES string of the molecule is OC(c1cn[nH]c1)C1CCCCCC1. The average molecular weight is 194 g/mol. The number of aliphatic hydroxyl groups is 1. The Morgan fingerprint density at radius 3 is 2.57 bits per heavy atom. The Labute approximate surface area is 84.5 Å². The number of aliphatic hydroxyl groups excluding tert-OH is 1. The predicted molar refractivity (Wildman–Crippen MR) is 54.7 cm³/mol. The minimum absolute atomic E-state index is 0.313. The molecule has 1 aromatic heterocycles. The third-order valence-electron chi connectivity index (χ3n) is 3.21. The highest BCUT2D eigenvalue weighted by Crippen LogP contribution is 2.32. The fourth-order valence-electron chi connectivity index (χ4n) is 2.32. The van der Waals surface area contributed by atoms with Crippen LogP contribution in [0.3, 0.4) is 0 Å². The fraction of sp³-hybridized carbons (Fsp3) is 0.727. The first-order valence-electron chi connectivity index (χ1n) is 5.54. The highest BCUT2D eigenvalue weighted by molar-refractivity contribution is 5.08. The van der Waals surface area contributed by atoms with Crippen molar-refractivity contribution >= 4 is 0 Å². The average Bonchev–Trinajstić information content (AvgIpc) is 2.59. The van der Waals surface area contributed by atoms with Gasteiger partial charge in [-0.25, -0.2) is 0 Å². The number of nitrogens with zero attached hydrogens (tertiary/aromatic N) is 1. The minimum atomic E-state index is -0.313. The summed E-state index contributed by atoms with van der Waals surface area (Å²) in [6.45, 7) is 0. The minimum Gasteiger partial charge on any atom is -0.388 e. The molecule has 3 nitrogen and oxygen atoms in total. The van der Waals surface area contributed by atoms with Crippen LogP contribution in [-0.2, 0) is 0 Å². The van der Waals surface area contributed by atoms with Crippen LogP contribution in [0.4, 0.5) is 0 Å². The summed E-state index contributed by atoms with van der Waals surface area (Å²) in [6, 6.07) is 0. The van der Waals surface area contributed by atoms with Crippen molar-refractivity contribution in [1.82, 2.24) is 10.2 Å². The molecule has 1 aliphatic carbocycles. The largest absolute Gasteiger partial charge is 0.388 e. The third kappa shape index (κ3) is 2.15. The first-order chi connectivity index (χ1) is 6.88. The van der Waals surface area contributed by atoms with E-state index in [1.54, 1.807) is 12.4 Å². The number of aromatic nitrogens is 2. The summed E-state index contributed by atoms with van der Waals surface area (Å²) >= 11 is 0. The normalized spacial score (nSPS) is 21.8. The van der Waals surface area contributed by atoms with E-state index in [4.69, 9.17) is 0 Å². The van der Waals surface area contributed by atoms with Crippen LogP contribution in [0.15, 0.2) is 12.4 Å². The van der Waals surface area contributed by atoms with Crippen LogP contribution < -0.4 is 0 Å². The Bertz CT molecular complexity index is 250. The Morgan fingerprint density at radius 1 is 1.29 bits per heavy atom. The van der Waals surface area contributed by atoms with Crippen molar-refractivity contribution in [2.24, 2.45) is 5.92 Å². The Kier molecular flexibility index (Phi) is 3.19. The zero-order valence-corrected chi connectivity index (χ0v) is 8.45. The summed E-state index contributed by atoms with van der Waals surface area (Å²) in [6.07, 6.45) is 10.7. The lowest BCUT2D eigenvalue weighted by Crippen LogP contribution is -2.11. The van der Waals surface area contributed by atoms with Gasteiger partial charge >= 0.3 is 0 Å². The van der Waals surface area contributed by atoms with Gasteiger partial charge < -0.3 is 5.11 Å². The zero-order valence-electron chi connectivity index (χ0n) is 8.45.